The van der Waals surface area contributed by atoms with E-state index in [4.69, 9.17) is 4.74 Å². The summed E-state index contributed by atoms with van der Waals surface area (Å²) in [6.07, 6.45) is 3.83. The van der Waals surface area contributed by atoms with Gasteiger partial charge in [-0.1, -0.05) is 18.2 Å². The minimum atomic E-state index is -0.235. The quantitative estimate of drug-likeness (QED) is 0.382. The van der Waals surface area contributed by atoms with Crippen LogP contribution in [-0.2, 0) is 17.8 Å². The third-order valence-electron chi connectivity index (χ3n) is 7.63. The maximum atomic E-state index is 13.2. The van der Waals surface area contributed by atoms with Crippen LogP contribution in [0.3, 0.4) is 0 Å². The average Bonchev–Trinajstić information content (AvgIpc) is 3.40. The van der Waals surface area contributed by atoms with Gasteiger partial charge in [0.2, 0.25) is 0 Å². The number of ether oxygens (including phenoxy) is 1. The number of aromatic amines is 1. The summed E-state index contributed by atoms with van der Waals surface area (Å²) >= 11 is 0. The zero-order chi connectivity index (χ0) is 26.6. The Morgan fingerprint density at radius 3 is 2.41 bits per heavy atom. The van der Waals surface area contributed by atoms with Gasteiger partial charge in [-0.25, -0.2) is 0 Å². The van der Waals surface area contributed by atoms with Gasteiger partial charge in [0.05, 0.1) is 18.7 Å². The van der Waals surface area contributed by atoms with Gasteiger partial charge in [0, 0.05) is 81.4 Å². The van der Waals surface area contributed by atoms with E-state index in [0.717, 1.165) is 93.3 Å². The molecule has 2 aliphatic heterocycles. The van der Waals surface area contributed by atoms with Crippen LogP contribution in [0.25, 0.3) is 22.0 Å². The SMILES string of the molecule is CN1CCN(Cc2cncc(-c3ccc4[nH]nc(C(=O)Nc5ccc(CN6CCOCC6)cc5)c4c3)c2)CC1. The molecule has 4 aromatic rings. The molecule has 0 saturated carbocycles. The normalized spacial score (nSPS) is 17.5. The van der Waals surface area contributed by atoms with Crippen molar-refractivity contribution in [2.24, 2.45) is 0 Å². The summed E-state index contributed by atoms with van der Waals surface area (Å²) in [4.78, 5) is 24.9. The molecule has 0 atom stereocenters. The van der Waals surface area contributed by atoms with E-state index < -0.39 is 0 Å². The minimum absolute atomic E-state index is 0.235. The van der Waals surface area contributed by atoms with Crippen LogP contribution >= 0.6 is 0 Å². The number of rotatable bonds is 7. The molecule has 0 aliphatic carbocycles. The number of hydrogen-bond acceptors (Lipinski definition) is 7. The molecule has 2 saturated heterocycles. The number of carbonyl (C=O) groups is 1. The largest absolute Gasteiger partial charge is 0.379 e. The Kier molecular flexibility index (Phi) is 7.64. The smallest absolute Gasteiger partial charge is 0.276 e. The van der Waals surface area contributed by atoms with Crippen LogP contribution in [-0.4, -0.2) is 95.3 Å². The van der Waals surface area contributed by atoms with Crippen LogP contribution < -0.4 is 5.32 Å². The first-order chi connectivity index (χ1) is 19.1. The zero-order valence-electron chi connectivity index (χ0n) is 22.4. The number of anilines is 1. The van der Waals surface area contributed by atoms with Gasteiger partial charge in [-0.3, -0.25) is 24.7 Å². The number of fused-ring (bicyclic) bond motifs is 1. The zero-order valence-corrected chi connectivity index (χ0v) is 22.4. The molecule has 6 rings (SSSR count). The lowest BCUT2D eigenvalue weighted by atomic mass is 10.0. The summed E-state index contributed by atoms with van der Waals surface area (Å²) in [7, 11) is 2.17. The monoisotopic (exact) mass is 525 g/mol. The highest BCUT2D eigenvalue weighted by Gasteiger charge is 2.17. The van der Waals surface area contributed by atoms with Crippen molar-refractivity contribution >= 4 is 22.5 Å². The Hall–Kier alpha value is -3.63. The van der Waals surface area contributed by atoms with E-state index in [-0.39, 0.29) is 5.91 Å². The molecule has 0 unspecified atom stereocenters. The van der Waals surface area contributed by atoms with E-state index in [0.29, 0.717) is 5.69 Å². The number of carbonyl (C=O) groups excluding carboxylic acids is 1. The first kappa shape index (κ1) is 25.6. The Bertz CT molecular complexity index is 1420. The van der Waals surface area contributed by atoms with Crippen molar-refractivity contribution in [3.8, 4) is 11.1 Å². The Labute approximate surface area is 228 Å². The minimum Gasteiger partial charge on any atom is -0.379 e. The molecule has 202 valence electrons. The average molecular weight is 526 g/mol. The molecule has 0 bridgehead atoms. The predicted octanol–water partition coefficient (Wildman–Crippen LogP) is 3.46. The molecule has 1 amide bonds. The number of piperazine rings is 1. The van der Waals surface area contributed by atoms with Crippen molar-refractivity contribution in [3.05, 3.63) is 77.7 Å². The highest BCUT2D eigenvalue weighted by atomic mass is 16.5. The maximum Gasteiger partial charge on any atom is 0.276 e. The number of nitrogens with zero attached hydrogens (tertiary/aromatic N) is 5. The topological polar surface area (TPSA) is 89.6 Å². The van der Waals surface area contributed by atoms with E-state index in [1.807, 2.05) is 42.7 Å². The molecular weight excluding hydrogens is 490 g/mol. The van der Waals surface area contributed by atoms with Gasteiger partial charge < -0.3 is 15.0 Å². The lowest BCUT2D eigenvalue weighted by Crippen LogP contribution is -2.43. The molecule has 39 heavy (non-hydrogen) atoms. The number of amides is 1. The summed E-state index contributed by atoms with van der Waals surface area (Å²) < 4.78 is 5.43. The first-order valence-electron chi connectivity index (χ1n) is 13.6. The van der Waals surface area contributed by atoms with E-state index in [2.05, 4.69) is 60.4 Å². The number of aromatic nitrogens is 3. The highest BCUT2D eigenvalue weighted by molar-refractivity contribution is 6.11. The Balaban J connectivity index is 1.15. The second kappa shape index (κ2) is 11.6. The Morgan fingerprint density at radius 1 is 0.872 bits per heavy atom. The molecule has 2 fully saturated rings. The maximum absolute atomic E-state index is 13.2. The molecular formula is C30H35N7O2. The second-order valence-electron chi connectivity index (χ2n) is 10.5. The molecule has 0 spiro atoms. The van der Waals surface area contributed by atoms with Gasteiger partial charge in [-0.15, -0.1) is 0 Å². The second-order valence-corrected chi connectivity index (χ2v) is 10.5. The molecule has 4 heterocycles. The number of pyridine rings is 1. The van der Waals surface area contributed by atoms with Gasteiger partial charge in [-0.05, 0) is 54.1 Å². The number of morpholine rings is 1. The van der Waals surface area contributed by atoms with Crippen molar-refractivity contribution in [2.75, 3.05) is 64.8 Å². The van der Waals surface area contributed by atoms with Crippen LogP contribution in [0.2, 0.25) is 0 Å². The van der Waals surface area contributed by atoms with Crippen molar-refractivity contribution in [2.45, 2.75) is 13.1 Å². The third kappa shape index (κ3) is 6.17. The number of benzene rings is 2. The van der Waals surface area contributed by atoms with Crippen molar-refractivity contribution in [3.63, 3.8) is 0 Å². The fourth-order valence-electron chi connectivity index (χ4n) is 5.26. The highest BCUT2D eigenvalue weighted by Crippen LogP contribution is 2.26. The number of hydrogen-bond donors (Lipinski definition) is 2. The fraction of sp³-hybridized carbons (Fsp3) is 0.367. The lowest BCUT2D eigenvalue weighted by molar-refractivity contribution is 0.0342. The van der Waals surface area contributed by atoms with Crippen molar-refractivity contribution in [1.29, 1.82) is 0 Å². The van der Waals surface area contributed by atoms with Gasteiger partial charge in [-0.2, -0.15) is 5.10 Å². The van der Waals surface area contributed by atoms with Crippen LogP contribution in [0.4, 0.5) is 5.69 Å². The number of H-pyrrole nitrogens is 1. The predicted molar refractivity (Wildman–Crippen MR) is 153 cm³/mol. The third-order valence-corrected chi connectivity index (χ3v) is 7.63. The molecule has 2 aromatic heterocycles. The van der Waals surface area contributed by atoms with Crippen LogP contribution in [0.15, 0.2) is 60.9 Å². The Morgan fingerprint density at radius 2 is 1.62 bits per heavy atom. The number of nitrogens with one attached hydrogen (secondary N) is 2. The van der Waals surface area contributed by atoms with Gasteiger partial charge in [0.25, 0.3) is 5.91 Å². The van der Waals surface area contributed by atoms with E-state index >= 15 is 0 Å². The van der Waals surface area contributed by atoms with E-state index in [9.17, 15) is 4.79 Å². The summed E-state index contributed by atoms with van der Waals surface area (Å²) in [6.45, 7) is 9.55. The van der Waals surface area contributed by atoms with Crippen LogP contribution in [0.1, 0.15) is 21.6 Å². The van der Waals surface area contributed by atoms with Gasteiger partial charge in [0.15, 0.2) is 5.69 Å². The summed E-state index contributed by atoms with van der Waals surface area (Å²) in [6, 6.07) is 16.3. The van der Waals surface area contributed by atoms with Gasteiger partial charge in [0.1, 0.15) is 0 Å². The first-order valence-corrected chi connectivity index (χ1v) is 13.6. The van der Waals surface area contributed by atoms with E-state index in [1.54, 1.807) is 0 Å². The molecule has 0 radical (unpaired) electrons. The summed E-state index contributed by atoms with van der Waals surface area (Å²) in [5.74, 6) is -0.235. The molecule has 2 N–H and O–H groups in total. The van der Waals surface area contributed by atoms with Crippen LogP contribution in [0, 0.1) is 0 Å². The molecule has 2 aromatic carbocycles. The molecule has 9 heteroatoms. The van der Waals surface area contributed by atoms with Crippen molar-refractivity contribution < 1.29 is 9.53 Å². The summed E-state index contributed by atoms with van der Waals surface area (Å²) in [5.41, 5.74) is 6.41. The fourth-order valence-corrected chi connectivity index (χ4v) is 5.26. The van der Waals surface area contributed by atoms with Gasteiger partial charge >= 0.3 is 0 Å². The summed E-state index contributed by atoms with van der Waals surface area (Å²) in [5, 5.41) is 11.1. The standard InChI is InChI=1S/C30H35N7O2/c1-35-8-10-36(11-9-35)21-23-16-25(19-31-18-23)24-4-7-28-27(17-24)29(34-33-28)30(38)32-26-5-2-22(3-6-26)20-37-12-14-39-15-13-37/h2-7,16-19H,8-15,20-21H2,1H3,(H,32,38)(H,33,34). The number of likely N-dealkylation sites (N-methyl/N-ethyl adjacent to an activating group) is 1. The van der Waals surface area contributed by atoms with Crippen molar-refractivity contribution in [1.82, 2.24) is 29.9 Å². The molecule has 9 nitrogen and oxygen atoms in total. The molecule has 2 aliphatic rings. The van der Waals surface area contributed by atoms with E-state index in [1.165, 1.54) is 11.1 Å². The lowest BCUT2D eigenvalue weighted by Gasteiger charge is -2.32. The van der Waals surface area contributed by atoms with Crippen LogP contribution in [0.5, 0.6) is 0 Å².